The molecule has 6 heteroatoms. The first-order valence-corrected chi connectivity index (χ1v) is 10.8. The Bertz CT molecular complexity index is 1620. The second-order valence-electron chi connectivity index (χ2n) is 8.20. The van der Waals surface area contributed by atoms with Gasteiger partial charge in [-0.05, 0) is 55.3 Å². The van der Waals surface area contributed by atoms with Gasteiger partial charge in [-0.15, -0.1) is 0 Å². The molecular weight excluding hydrogens is 422 g/mol. The lowest BCUT2D eigenvalue weighted by molar-refractivity contribution is 0.711. The van der Waals surface area contributed by atoms with Crippen LogP contribution in [0.25, 0.3) is 27.6 Å². The summed E-state index contributed by atoms with van der Waals surface area (Å²) >= 11 is 6.07. The number of rotatable bonds is 3. The van der Waals surface area contributed by atoms with Crippen molar-refractivity contribution in [3.8, 4) is 5.69 Å². The molecule has 0 atom stereocenters. The molecule has 0 aliphatic carbocycles. The summed E-state index contributed by atoms with van der Waals surface area (Å²) < 4.78 is 4.88. The van der Waals surface area contributed by atoms with E-state index in [2.05, 4.69) is 0 Å². The maximum Gasteiger partial charge on any atom is 0.336 e. The average molecular weight is 444 g/mol. The standard InChI is InChI=1S/C26H22ClN3O2/c1-16-8-13-22-20(14-16)23-24(28(22)3)25(31)30(21-7-5-4-6-17(21)2)26(32)29(23)15-18-9-11-19(27)12-10-18/h4-14H,15H2,1-3H3. The van der Waals surface area contributed by atoms with Crippen LogP contribution in [0.1, 0.15) is 16.7 Å². The lowest BCUT2D eigenvalue weighted by atomic mass is 10.1. The third-order valence-electron chi connectivity index (χ3n) is 6.04. The van der Waals surface area contributed by atoms with Gasteiger partial charge in [-0.2, -0.15) is 0 Å². The van der Waals surface area contributed by atoms with Gasteiger partial charge in [-0.25, -0.2) is 9.36 Å². The first-order chi connectivity index (χ1) is 15.4. The fraction of sp³-hybridized carbons (Fsp3) is 0.154. The van der Waals surface area contributed by atoms with Crippen molar-refractivity contribution >= 4 is 33.5 Å². The monoisotopic (exact) mass is 443 g/mol. The second kappa shape index (κ2) is 7.53. The van der Waals surface area contributed by atoms with E-state index < -0.39 is 0 Å². The van der Waals surface area contributed by atoms with Gasteiger partial charge in [0.25, 0.3) is 5.56 Å². The zero-order valence-corrected chi connectivity index (χ0v) is 18.8. The molecule has 0 amide bonds. The van der Waals surface area contributed by atoms with Crippen LogP contribution >= 0.6 is 11.6 Å². The maximum absolute atomic E-state index is 13.9. The first kappa shape index (κ1) is 20.3. The normalized spacial score (nSPS) is 11.5. The highest BCUT2D eigenvalue weighted by Gasteiger charge is 2.22. The van der Waals surface area contributed by atoms with Gasteiger partial charge in [-0.1, -0.05) is 53.6 Å². The minimum atomic E-state index is -0.360. The number of halogens is 1. The molecule has 2 aromatic heterocycles. The fourth-order valence-electron chi connectivity index (χ4n) is 4.41. The van der Waals surface area contributed by atoms with E-state index >= 15 is 0 Å². The molecular formula is C26H22ClN3O2. The number of fused-ring (bicyclic) bond motifs is 3. The predicted molar refractivity (Wildman–Crippen MR) is 130 cm³/mol. The topological polar surface area (TPSA) is 48.9 Å². The van der Waals surface area contributed by atoms with Crippen molar-refractivity contribution in [3.63, 3.8) is 0 Å². The molecule has 0 saturated carbocycles. The van der Waals surface area contributed by atoms with Crippen molar-refractivity contribution in [3.05, 3.63) is 109 Å². The van der Waals surface area contributed by atoms with Crippen molar-refractivity contribution in [2.75, 3.05) is 0 Å². The molecule has 5 aromatic rings. The van der Waals surface area contributed by atoms with Crippen molar-refractivity contribution < 1.29 is 0 Å². The molecule has 0 unspecified atom stereocenters. The van der Waals surface area contributed by atoms with Crippen LogP contribution in [0, 0.1) is 13.8 Å². The van der Waals surface area contributed by atoms with Crippen molar-refractivity contribution in [1.29, 1.82) is 0 Å². The summed E-state index contributed by atoms with van der Waals surface area (Å²) in [6, 6.07) is 20.9. The van der Waals surface area contributed by atoms with Gasteiger partial charge in [0.05, 0.1) is 23.3 Å². The molecule has 0 saturated heterocycles. The van der Waals surface area contributed by atoms with Crippen LogP contribution in [0.2, 0.25) is 5.02 Å². The summed E-state index contributed by atoms with van der Waals surface area (Å²) in [5.74, 6) is 0. The number of hydrogen-bond donors (Lipinski definition) is 0. The molecule has 3 aromatic carbocycles. The number of benzene rings is 3. The van der Waals surface area contributed by atoms with Crippen LogP contribution in [0.3, 0.4) is 0 Å². The summed E-state index contributed by atoms with van der Waals surface area (Å²) in [6.07, 6.45) is 0. The number of aryl methyl sites for hydroxylation is 3. The molecule has 5 nitrogen and oxygen atoms in total. The first-order valence-electron chi connectivity index (χ1n) is 10.4. The van der Waals surface area contributed by atoms with Gasteiger partial charge in [0.15, 0.2) is 0 Å². The molecule has 2 heterocycles. The minimum Gasteiger partial charge on any atom is -0.338 e. The third-order valence-corrected chi connectivity index (χ3v) is 6.29. The molecule has 0 fully saturated rings. The molecule has 5 rings (SSSR count). The smallest absolute Gasteiger partial charge is 0.336 e. The summed E-state index contributed by atoms with van der Waals surface area (Å²) in [5, 5.41) is 1.53. The zero-order valence-electron chi connectivity index (χ0n) is 18.1. The van der Waals surface area contributed by atoms with Crippen LogP contribution in [0.15, 0.2) is 76.3 Å². The van der Waals surface area contributed by atoms with Crippen LogP contribution in [0.5, 0.6) is 0 Å². The Morgan fingerprint density at radius 2 is 1.59 bits per heavy atom. The Kier molecular flexibility index (Phi) is 4.79. The predicted octanol–water partition coefficient (Wildman–Crippen LogP) is 4.96. The van der Waals surface area contributed by atoms with Crippen LogP contribution in [-0.2, 0) is 13.6 Å². The highest BCUT2D eigenvalue weighted by molar-refractivity contribution is 6.30. The number of para-hydroxylation sites is 1. The highest BCUT2D eigenvalue weighted by atomic mass is 35.5. The summed E-state index contributed by atoms with van der Waals surface area (Å²) in [7, 11) is 1.88. The molecule has 0 radical (unpaired) electrons. The molecule has 0 aliphatic rings. The van der Waals surface area contributed by atoms with Gasteiger partial charge in [-0.3, -0.25) is 9.36 Å². The molecule has 32 heavy (non-hydrogen) atoms. The molecule has 0 N–H and O–H groups in total. The number of aromatic nitrogens is 3. The van der Waals surface area contributed by atoms with E-state index in [-0.39, 0.29) is 11.2 Å². The van der Waals surface area contributed by atoms with Crippen molar-refractivity contribution in [2.24, 2.45) is 7.05 Å². The van der Waals surface area contributed by atoms with Crippen molar-refractivity contribution in [1.82, 2.24) is 13.7 Å². The second-order valence-corrected chi connectivity index (χ2v) is 8.64. The van der Waals surface area contributed by atoms with Gasteiger partial charge < -0.3 is 4.57 Å². The van der Waals surface area contributed by atoms with E-state index in [4.69, 9.17) is 11.6 Å². The van der Waals surface area contributed by atoms with Gasteiger partial charge >= 0.3 is 5.69 Å². The fourth-order valence-corrected chi connectivity index (χ4v) is 4.54. The van der Waals surface area contributed by atoms with Gasteiger partial charge in [0.2, 0.25) is 0 Å². The van der Waals surface area contributed by atoms with Crippen LogP contribution in [-0.4, -0.2) is 13.7 Å². The minimum absolute atomic E-state index is 0.317. The van der Waals surface area contributed by atoms with Gasteiger partial charge in [0.1, 0.15) is 5.52 Å². The van der Waals surface area contributed by atoms with Gasteiger partial charge in [0, 0.05) is 17.5 Å². The van der Waals surface area contributed by atoms with E-state index in [1.54, 1.807) is 4.57 Å². The summed E-state index contributed by atoms with van der Waals surface area (Å²) in [6.45, 7) is 4.24. The molecule has 0 aliphatic heterocycles. The molecule has 0 bridgehead atoms. The Hall–Kier alpha value is -3.57. The molecule has 160 valence electrons. The highest BCUT2D eigenvalue weighted by Crippen LogP contribution is 2.27. The Balaban J connectivity index is 1.96. The number of nitrogens with zero attached hydrogens (tertiary/aromatic N) is 3. The Morgan fingerprint density at radius 3 is 2.31 bits per heavy atom. The Morgan fingerprint density at radius 1 is 0.875 bits per heavy atom. The van der Waals surface area contributed by atoms with E-state index in [1.807, 2.05) is 92.2 Å². The van der Waals surface area contributed by atoms with Crippen molar-refractivity contribution in [2.45, 2.75) is 20.4 Å². The summed E-state index contributed by atoms with van der Waals surface area (Å²) in [5.41, 5.74) is 4.84. The van der Waals surface area contributed by atoms with E-state index in [0.29, 0.717) is 28.3 Å². The quantitative estimate of drug-likeness (QED) is 0.395. The zero-order chi connectivity index (χ0) is 22.6. The number of hydrogen-bond acceptors (Lipinski definition) is 2. The van der Waals surface area contributed by atoms with Crippen LogP contribution < -0.4 is 11.2 Å². The van der Waals surface area contributed by atoms with E-state index in [1.165, 1.54) is 4.57 Å². The Labute approximate surface area is 189 Å². The lowest BCUT2D eigenvalue weighted by Crippen LogP contribution is -2.39. The summed E-state index contributed by atoms with van der Waals surface area (Å²) in [4.78, 5) is 27.6. The maximum atomic E-state index is 13.9. The SMILES string of the molecule is Cc1ccc2c(c1)c1c(c(=O)n(-c3ccccc3C)c(=O)n1Cc1ccc(Cl)cc1)n2C. The van der Waals surface area contributed by atoms with Crippen LogP contribution in [0.4, 0.5) is 0 Å². The van der Waals surface area contributed by atoms with E-state index in [9.17, 15) is 9.59 Å². The largest absolute Gasteiger partial charge is 0.338 e. The molecule has 0 spiro atoms. The average Bonchev–Trinajstić information content (AvgIpc) is 3.05. The lowest BCUT2D eigenvalue weighted by Gasteiger charge is -2.15. The third kappa shape index (κ3) is 3.09. The van der Waals surface area contributed by atoms with E-state index in [0.717, 1.165) is 27.6 Å².